The number of aromatic nitrogens is 1. The molecule has 0 bridgehead atoms. The molecule has 6 nitrogen and oxygen atoms in total. The van der Waals surface area contributed by atoms with Gasteiger partial charge >= 0.3 is 0 Å². The lowest BCUT2D eigenvalue weighted by Gasteiger charge is -2.11. The van der Waals surface area contributed by atoms with Crippen LogP contribution in [0.15, 0.2) is 12.3 Å². The van der Waals surface area contributed by atoms with Gasteiger partial charge in [-0.05, 0) is 18.9 Å². The molecule has 17 heavy (non-hydrogen) atoms. The average molecular weight is 257 g/mol. The van der Waals surface area contributed by atoms with Crippen molar-refractivity contribution in [3.8, 4) is 5.75 Å². The van der Waals surface area contributed by atoms with E-state index in [-0.39, 0.29) is 18.5 Å². The fourth-order valence-electron chi connectivity index (χ4n) is 1.36. The molecule has 2 rings (SSSR count). The Morgan fingerprint density at radius 3 is 2.82 bits per heavy atom. The minimum atomic E-state index is -3.32. The second kappa shape index (κ2) is 4.50. The maximum Gasteiger partial charge on any atom is 0.230 e. The van der Waals surface area contributed by atoms with Crippen molar-refractivity contribution in [2.45, 2.75) is 25.5 Å². The van der Waals surface area contributed by atoms with E-state index in [1.54, 1.807) is 6.07 Å². The summed E-state index contributed by atoms with van der Waals surface area (Å²) in [7, 11) is -3.32. The van der Waals surface area contributed by atoms with Gasteiger partial charge in [-0.15, -0.1) is 0 Å². The van der Waals surface area contributed by atoms with Gasteiger partial charge in [0.1, 0.15) is 11.6 Å². The van der Waals surface area contributed by atoms with Gasteiger partial charge in [-0.1, -0.05) is 0 Å². The predicted molar refractivity (Wildman–Crippen MR) is 64.2 cm³/mol. The Labute approximate surface area is 100 Å². The van der Waals surface area contributed by atoms with Crippen LogP contribution in [0.25, 0.3) is 0 Å². The fraction of sp³-hybridized carbons (Fsp3) is 0.500. The minimum Gasteiger partial charge on any atom is -0.488 e. The first-order chi connectivity index (χ1) is 7.98. The summed E-state index contributed by atoms with van der Waals surface area (Å²) < 4.78 is 30.0. The summed E-state index contributed by atoms with van der Waals surface area (Å²) in [6.07, 6.45) is 4.94. The lowest BCUT2D eigenvalue weighted by molar-refractivity contribution is 0.299. The van der Waals surface area contributed by atoms with Crippen molar-refractivity contribution in [2.24, 2.45) is 5.73 Å². The van der Waals surface area contributed by atoms with Crippen molar-refractivity contribution < 1.29 is 13.2 Å². The zero-order chi connectivity index (χ0) is 12.5. The summed E-state index contributed by atoms with van der Waals surface area (Å²) in [5, 5.41) is 0. The van der Waals surface area contributed by atoms with Gasteiger partial charge in [-0.3, -0.25) is 4.72 Å². The van der Waals surface area contributed by atoms with Crippen LogP contribution in [0.1, 0.15) is 18.4 Å². The molecule has 1 aromatic heterocycles. The smallest absolute Gasteiger partial charge is 0.230 e. The summed E-state index contributed by atoms with van der Waals surface area (Å²) in [5.74, 6) is 0.894. The molecule has 0 radical (unpaired) electrons. The largest absolute Gasteiger partial charge is 0.488 e. The standard InChI is InChI=1S/C10H15N3O3S/c1-17(14,15)13-10-4-7(5-11)9(6-12-10)16-8-2-3-8/h4,6,8H,2-3,5,11H2,1H3,(H,12,13). The molecule has 0 amide bonds. The van der Waals surface area contributed by atoms with E-state index in [9.17, 15) is 8.42 Å². The van der Waals surface area contributed by atoms with Crippen LogP contribution < -0.4 is 15.2 Å². The predicted octanol–water partition coefficient (Wildman–Crippen LogP) is 0.453. The fourth-order valence-corrected chi connectivity index (χ4v) is 1.85. The summed E-state index contributed by atoms with van der Waals surface area (Å²) in [6.45, 7) is 0.281. The number of ether oxygens (including phenoxy) is 1. The van der Waals surface area contributed by atoms with Crippen LogP contribution in [0.5, 0.6) is 5.75 Å². The molecular formula is C10H15N3O3S. The lowest BCUT2D eigenvalue weighted by atomic mass is 10.2. The Bertz CT molecular complexity index is 512. The van der Waals surface area contributed by atoms with E-state index < -0.39 is 10.0 Å². The highest BCUT2D eigenvalue weighted by Gasteiger charge is 2.24. The molecule has 1 fully saturated rings. The van der Waals surface area contributed by atoms with Crippen LogP contribution >= 0.6 is 0 Å². The number of sulfonamides is 1. The van der Waals surface area contributed by atoms with Gasteiger partial charge < -0.3 is 10.5 Å². The maximum absolute atomic E-state index is 11.1. The molecule has 0 aliphatic heterocycles. The van der Waals surface area contributed by atoms with Crippen LogP contribution in [-0.4, -0.2) is 25.8 Å². The zero-order valence-corrected chi connectivity index (χ0v) is 10.3. The molecule has 0 saturated heterocycles. The third-order valence-electron chi connectivity index (χ3n) is 2.28. The minimum absolute atomic E-state index is 0.260. The molecule has 0 atom stereocenters. The number of anilines is 1. The summed E-state index contributed by atoms with van der Waals surface area (Å²) >= 11 is 0. The molecule has 94 valence electrons. The molecule has 1 saturated carbocycles. The number of hydrogen-bond donors (Lipinski definition) is 2. The monoisotopic (exact) mass is 257 g/mol. The molecule has 1 aliphatic rings. The van der Waals surface area contributed by atoms with Gasteiger partial charge in [-0.2, -0.15) is 0 Å². The van der Waals surface area contributed by atoms with E-state index in [0.717, 1.165) is 24.7 Å². The van der Waals surface area contributed by atoms with Crippen molar-refractivity contribution in [3.63, 3.8) is 0 Å². The van der Waals surface area contributed by atoms with E-state index in [1.165, 1.54) is 6.20 Å². The molecular weight excluding hydrogens is 242 g/mol. The van der Waals surface area contributed by atoms with Crippen molar-refractivity contribution in [1.29, 1.82) is 0 Å². The van der Waals surface area contributed by atoms with E-state index in [2.05, 4.69) is 9.71 Å². The van der Waals surface area contributed by atoms with E-state index in [1.807, 2.05) is 0 Å². The van der Waals surface area contributed by atoms with Gasteiger partial charge in [0.25, 0.3) is 0 Å². The highest BCUT2D eigenvalue weighted by atomic mass is 32.2. The van der Waals surface area contributed by atoms with Crippen LogP contribution in [0.4, 0.5) is 5.82 Å². The maximum atomic E-state index is 11.1. The first-order valence-corrected chi connectivity index (χ1v) is 7.20. The second-order valence-electron chi connectivity index (χ2n) is 4.07. The Morgan fingerprint density at radius 2 is 2.29 bits per heavy atom. The van der Waals surface area contributed by atoms with Gasteiger partial charge in [-0.25, -0.2) is 13.4 Å². The zero-order valence-electron chi connectivity index (χ0n) is 9.51. The number of nitrogens with one attached hydrogen (secondary N) is 1. The number of nitrogens with two attached hydrogens (primary N) is 1. The number of pyridine rings is 1. The molecule has 0 spiro atoms. The van der Waals surface area contributed by atoms with Gasteiger partial charge in [0.15, 0.2) is 0 Å². The lowest BCUT2D eigenvalue weighted by Crippen LogP contribution is -2.12. The van der Waals surface area contributed by atoms with Crippen molar-refractivity contribution in [1.82, 2.24) is 4.98 Å². The first kappa shape index (κ1) is 12.1. The van der Waals surface area contributed by atoms with Gasteiger partial charge in [0.2, 0.25) is 10.0 Å². The second-order valence-corrected chi connectivity index (χ2v) is 5.82. The molecule has 1 heterocycles. The Kier molecular flexibility index (Phi) is 3.21. The third kappa shape index (κ3) is 3.57. The van der Waals surface area contributed by atoms with Gasteiger partial charge in [0, 0.05) is 12.1 Å². The number of nitrogens with zero attached hydrogens (tertiary/aromatic N) is 1. The summed E-state index contributed by atoms with van der Waals surface area (Å²) in [4.78, 5) is 3.98. The van der Waals surface area contributed by atoms with Crippen LogP contribution in [0, 0.1) is 0 Å². The van der Waals surface area contributed by atoms with Crippen molar-refractivity contribution in [2.75, 3.05) is 11.0 Å². The highest BCUT2D eigenvalue weighted by Crippen LogP contribution is 2.29. The molecule has 7 heteroatoms. The average Bonchev–Trinajstić information content (AvgIpc) is 3.02. The third-order valence-corrected chi connectivity index (χ3v) is 2.86. The normalized spacial score (nSPS) is 15.6. The Hall–Kier alpha value is -1.34. The van der Waals surface area contributed by atoms with Crippen molar-refractivity contribution in [3.05, 3.63) is 17.8 Å². The van der Waals surface area contributed by atoms with Crippen LogP contribution in [0.2, 0.25) is 0 Å². The van der Waals surface area contributed by atoms with Crippen LogP contribution in [-0.2, 0) is 16.6 Å². The number of hydrogen-bond acceptors (Lipinski definition) is 5. The molecule has 0 aromatic carbocycles. The Balaban J connectivity index is 2.20. The molecule has 0 unspecified atom stereocenters. The quantitative estimate of drug-likeness (QED) is 0.798. The van der Waals surface area contributed by atoms with Crippen molar-refractivity contribution >= 4 is 15.8 Å². The van der Waals surface area contributed by atoms with E-state index in [0.29, 0.717) is 5.75 Å². The highest BCUT2D eigenvalue weighted by molar-refractivity contribution is 7.92. The van der Waals surface area contributed by atoms with E-state index >= 15 is 0 Å². The topological polar surface area (TPSA) is 94.3 Å². The molecule has 3 N–H and O–H groups in total. The van der Waals surface area contributed by atoms with Crippen LogP contribution in [0.3, 0.4) is 0 Å². The number of rotatable bonds is 5. The SMILES string of the molecule is CS(=O)(=O)Nc1cc(CN)c(OC2CC2)cn1. The Morgan fingerprint density at radius 1 is 1.59 bits per heavy atom. The van der Waals surface area contributed by atoms with E-state index in [4.69, 9.17) is 10.5 Å². The summed E-state index contributed by atoms with van der Waals surface area (Å²) in [5.41, 5.74) is 6.34. The summed E-state index contributed by atoms with van der Waals surface area (Å²) in [6, 6.07) is 1.60. The molecule has 1 aromatic rings. The molecule has 1 aliphatic carbocycles. The van der Waals surface area contributed by atoms with Gasteiger partial charge in [0.05, 0.1) is 18.6 Å². The first-order valence-electron chi connectivity index (χ1n) is 5.31.